The number of rotatable bonds is 3. The first kappa shape index (κ1) is 13.8. The Morgan fingerprint density at radius 1 is 1.32 bits per heavy atom. The molecule has 1 aromatic heterocycles. The minimum absolute atomic E-state index is 0.00960. The van der Waals surface area contributed by atoms with Gasteiger partial charge in [0.2, 0.25) is 0 Å². The van der Waals surface area contributed by atoms with E-state index in [0.717, 1.165) is 0 Å². The Labute approximate surface area is 115 Å². The van der Waals surface area contributed by atoms with Crippen LogP contribution in [0.2, 0.25) is 5.02 Å². The molecule has 7 heteroatoms. The van der Waals surface area contributed by atoms with Crippen LogP contribution in [0.25, 0.3) is 0 Å². The molecule has 0 spiro atoms. The first-order chi connectivity index (χ1) is 9.08. The standard InChI is InChI=1S/C12H14ClN3O3/c13-10-1-2-14-7-9(10)12(19)16-5-3-15(4-6-16)8-11(17)18/h1-2,7H,3-6,8H2,(H,17,18). The van der Waals surface area contributed by atoms with Crippen LogP contribution in [-0.2, 0) is 4.79 Å². The molecule has 1 amide bonds. The number of halogens is 1. The van der Waals surface area contributed by atoms with Crippen LogP contribution in [0, 0.1) is 0 Å². The quantitative estimate of drug-likeness (QED) is 0.878. The van der Waals surface area contributed by atoms with Crippen molar-refractivity contribution in [1.29, 1.82) is 0 Å². The fraction of sp³-hybridized carbons (Fsp3) is 0.417. The summed E-state index contributed by atoms with van der Waals surface area (Å²) < 4.78 is 0. The predicted octanol–water partition coefficient (Wildman–Crippen LogP) is 0.577. The third kappa shape index (κ3) is 3.42. The summed E-state index contributed by atoms with van der Waals surface area (Å²) >= 11 is 5.96. The predicted molar refractivity (Wildman–Crippen MR) is 69.2 cm³/mol. The van der Waals surface area contributed by atoms with Crippen LogP contribution in [0.15, 0.2) is 18.5 Å². The molecule has 1 N–H and O–H groups in total. The Bertz CT molecular complexity index is 487. The van der Waals surface area contributed by atoms with E-state index in [4.69, 9.17) is 16.7 Å². The smallest absolute Gasteiger partial charge is 0.317 e. The number of nitrogens with zero attached hydrogens (tertiary/aromatic N) is 3. The van der Waals surface area contributed by atoms with Gasteiger partial charge < -0.3 is 10.0 Å². The molecule has 0 saturated carbocycles. The second-order valence-electron chi connectivity index (χ2n) is 4.32. The average Bonchev–Trinajstić information content (AvgIpc) is 2.39. The summed E-state index contributed by atoms with van der Waals surface area (Å²) in [6, 6.07) is 1.58. The minimum atomic E-state index is -0.852. The van der Waals surface area contributed by atoms with Gasteiger partial charge in [0.05, 0.1) is 17.1 Å². The number of aliphatic carboxylic acids is 1. The molecule has 2 rings (SSSR count). The number of aromatic nitrogens is 1. The van der Waals surface area contributed by atoms with Gasteiger partial charge in [0.25, 0.3) is 5.91 Å². The topological polar surface area (TPSA) is 73.7 Å². The number of hydrogen-bond donors (Lipinski definition) is 1. The third-order valence-corrected chi connectivity index (χ3v) is 3.35. The van der Waals surface area contributed by atoms with Crippen molar-refractivity contribution in [2.75, 3.05) is 32.7 Å². The molecule has 0 bridgehead atoms. The van der Waals surface area contributed by atoms with E-state index >= 15 is 0 Å². The van der Waals surface area contributed by atoms with Crippen LogP contribution in [0.4, 0.5) is 0 Å². The zero-order valence-corrected chi connectivity index (χ0v) is 11.0. The lowest BCUT2D eigenvalue weighted by atomic mass is 10.2. The van der Waals surface area contributed by atoms with Crippen molar-refractivity contribution < 1.29 is 14.7 Å². The molecule has 0 aliphatic carbocycles. The molecule has 6 nitrogen and oxygen atoms in total. The van der Waals surface area contributed by atoms with Crippen LogP contribution in [-0.4, -0.2) is 64.5 Å². The van der Waals surface area contributed by atoms with E-state index in [0.29, 0.717) is 36.8 Å². The molecule has 0 atom stereocenters. The van der Waals surface area contributed by atoms with Gasteiger partial charge in [-0.2, -0.15) is 0 Å². The van der Waals surface area contributed by atoms with Gasteiger partial charge in [-0.05, 0) is 6.07 Å². The summed E-state index contributed by atoms with van der Waals surface area (Å²) in [6.07, 6.45) is 2.98. The van der Waals surface area contributed by atoms with Gasteiger partial charge in [-0.25, -0.2) is 0 Å². The molecule has 1 fully saturated rings. The Morgan fingerprint density at radius 2 is 2.00 bits per heavy atom. The Morgan fingerprint density at radius 3 is 2.58 bits per heavy atom. The molecule has 0 radical (unpaired) electrons. The van der Waals surface area contributed by atoms with Gasteiger partial charge in [-0.1, -0.05) is 11.6 Å². The van der Waals surface area contributed by atoms with Crippen molar-refractivity contribution in [2.24, 2.45) is 0 Å². The van der Waals surface area contributed by atoms with Crippen LogP contribution < -0.4 is 0 Å². The average molecular weight is 284 g/mol. The number of amides is 1. The monoisotopic (exact) mass is 283 g/mol. The molecule has 0 aromatic carbocycles. The number of carbonyl (C=O) groups is 2. The van der Waals surface area contributed by atoms with Gasteiger partial charge in [0.1, 0.15) is 0 Å². The number of carbonyl (C=O) groups excluding carboxylic acids is 1. The van der Waals surface area contributed by atoms with Crippen molar-refractivity contribution in [3.8, 4) is 0 Å². The molecule has 0 unspecified atom stereocenters. The number of pyridine rings is 1. The summed E-state index contributed by atoms with van der Waals surface area (Å²) in [5.41, 5.74) is 0.385. The fourth-order valence-corrected chi connectivity index (χ4v) is 2.19. The SMILES string of the molecule is O=C(O)CN1CCN(C(=O)c2cnccc2Cl)CC1. The lowest BCUT2D eigenvalue weighted by molar-refractivity contribution is -0.138. The summed E-state index contributed by atoms with van der Waals surface area (Å²) in [4.78, 5) is 30.2. The molecular formula is C12H14ClN3O3. The fourth-order valence-electron chi connectivity index (χ4n) is 2.01. The van der Waals surface area contributed by atoms with Crippen molar-refractivity contribution in [2.45, 2.75) is 0 Å². The Kier molecular flexibility index (Phi) is 4.34. The van der Waals surface area contributed by atoms with Gasteiger partial charge >= 0.3 is 5.97 Å². The van der Waals surface area contributed by atoms with E-state index in [-0.39, 0.29) is 12.5 Å². The highest BCUT2D eigenvalue weighted by atomic mass is 35.5. The molecule has 1 aliphatic heterocycles. The van der Waals surface area contributed by atoms with E-state index in [1.165, 1.54) is 12.4 Å². The van der Waals surface area contributed by atoms with Crippen LogP contribution in [0.1, 0.15) is 10.4 Å². The molecule has 2 heterocycles. The van der Waals surface area contributed by atoms with Gasteiger partial charge in [0.15, 0.2) is 0 Å². The first-order valence-corrected chi connectivity index (χ1v) is 6.28. The molecule has 1 aromatic rings. The summed E-state index contributed by atoms with van der Waals surface area (Å²) in [5, 5.41) is 9.09. The Hall–Kier alpha value is -1.66. The maximum Gasteiger partial charge on any atom is 0.317 e. The number of carboxylic acid groups (broad SMARTS) is 1. The van der Waals surface area contributed by atoms with Crippen molar-refractivity contribution in [3.63, 3.8) is 0 Å². The number of piperazine rings is 1. The largest absolute Gasteiger partial charge is 0.480 e. The second kappa shape index (κ2) is 5.99. The highest BCUT2D eigenvalue weighted by molar-refractivity contribution is 6.33. The summed E-state index contributed by atoms with van der Waals surface area (Å²) in [6.45, 7) is 2.11. The lowest BCUT2D eigenvalue weighted by Crippen LogP contribution is -2.49. The van der Waals surface area contributed by atoms with Crippen molar-refractivity contribution in [1.82, 2.24) is 14.8 Å². The van der Waals surface area contributed by atoms with Crippen molar-refractivity contribution in [3.05, 3.63) is 29.0 Å². The number of hydrogen-bond acceptors (Lipinski definition) is 4. The van der Waals surface area contributed by atoms with Gasteiger partial charge in [0, 0.05) is 38.6 Å². The molecule has 19 heavy (non-hydrogen) atoms. The molecular weight excluding hydrogens is 270 g/mol. The van der Waals surface area contributed by atoms with Gasteiger partial charge in [-0.15, -0.1) is 0 Å². The maximum atomic E-state index is 12.2. The Balaban J connectivity index is 1.96. The highest BCUT2D eigenvalue weighted by Gasteiger charge is 2.24. The summed E-state index contributed by atoms with van der Waals surface area (Å²) in [7, 11) is 0. The second-order valence-corrected chi connectivity index (χ2v) is 4.72. The number of carboxylic acids is 1. The van der Waals surface area contributed by atoms with E-state index in [1.54, 1.807) is 15.9 Å². The first-order valence-electron chi connectivity index (χ1n) is 5.91. The van der Waals surface area contributed by atoms with E-state index in [1.807, 2.05) is 0 Å². The van der Waals surface area contributed by atoms with Crippen LogP contribution >= 0.6 is 11.6 Å². The molecule has 1 saturated heterocycles. The van der Waals surface area contributed by atoms with Crippen LogP contribution in [0.3, 0.4) is 0 Å². The van der Waals surface area contributed by atoms with E-state index < -0.39 is 5.97 Å². The van der Waals surface area contributed by atoms with Crippen molar-refractivity contribution >= 4 is 23.5 Å². The normalized spacial score (nSPS) is 16.4. The lowest BCUT2D eigenvalue weighted by Gasteiger charge is -2.33. The molecule has 102 valence electrons. The minimum Gasteiger partial charge on any atom is -0.480 e. The van der Waals surface area contributed by atoms with E-state index in [2.05, 4.69) is 4.98 Å². The maximum absolute atomic E-state index is 12.2. The van der Waals surface area contributed by atoms with Crippen LogP contribution in [0.5, 0.6) is 0 Å². The third-order valence-electron chi connectivity index (χ3n) is 3.02. The zero-order valence-electron chi connectivity index (χ0n) is 10.3. The zero-order chi connectivity index (χ0) is 13.8. The van der Waals surface area contributed by atoms with E-state index in [9.17, 15) is 9.59 Å². The highest BCUT2D eigenvalue weighted by Crippen LogP contribution is 2.16. The summed E-state index contributed by atoms with van der Waals surface area (Å²) in [5.74, 6) is -1.01. The van der Waals surface area contributed by atoms with Gasteiger partial charge in [-0.3, -0.25) is 19.5 Å². The molecule has 1 aliphatic rings.